The summed E-state index contributed by atoms with van der Waals surface area (Å²) in [6, 6.07) is 10.9. The van der Waals surface area contributed by atoms with Gasteiger partial charge in [0, 0.05) is 30.2 Å². The Bertz CT molecular complexity index is 620. The van der Waals surface area contributed by atoms with Crippen LogP contribution in [0.2, 0.25) is 0 Å². The molecule has 3 heterocycles. The van der Waals surface area contributed by atoms with Crippen LogP contribution in [-0.2, 0) is 22.6 Å². The zero-order chi connectivity index (χ0) is 16.2. The second kappa shape index (κ2) is 7.74. The highest BCUT2D eigenvalue weighted by Gasteiger charge is 2.40. The van der Waals surface area contributed by atoms with Gasteiger partial charge in [-0.2, -0.15) is 0 Å². The van der Waals surface area contributed by atoms with Crippen LogP contribution < -0.4 is 0 Å². The number of hydrogen-bond donors (Lipinski definition) is 0. The Morgan fingerprint density at radius 2 is 2.25 bits per heavy atom. The van der Waals surface area contributed by atoms with E-state index in [2.05, 4.69) is 27.4 Å². The zero-order valence-corrected chi connectivity index (χ0v) is 14.7. The monoisotopic (exact) mass is 344 g/mol. The minimum Gasteiger partial charge on any atom is -0.375 e. The molecule has 2 fully saturated rings. The van der Waals surface area contributed by atoms with E-state index in [4.69, 9.17) is 9.47 Å². The third-order valence-corrected chi connectivity index (χ3v) is 5.88. The van der Waals surface area contributed by atoms with Gasteiger partial charge in [-0.15, -0.1) is 11.3 Å². The van der Waals surface area contributed by atoms with Crippen molar-refractivity contribution < 1.29 is 9.47 Å². The standard InChI is InChI=1S/C19H24N2O2S/c1-2-6-20-16(4-1)14-22-13-15-10-18-19(11-15)23-8-7-21(18)12-17-5-3-9-24-17/h1-6,9,15,18-19H,7-8,10-14H2. The molecule has 4 nitrogen and oxygen atoms in total. The van der Waals surface area contributed by atoms with Crippen LogP contribution in [0.25, 0.3) is 0 Å². The van der Waals surface area contributed by atoms with Gasteiger partial charge in [-0.05, 0) is 42.3 Å². The predicted octanol–water partition coefficient (Wildman–Crippen LogP) is 3.34. The lowest BCUT2D eigenvalue weighted by molar-refractivity contribution is -0.0588. The van der Waals surface area contributed by atoms with Gasteiger partial charge in [-0.25, -0.2) is 0 Å². The van der Waals surface area contributed by atoms with Crippen LogP contribution in [0.5, 0.6) is 0 Å². The number of thiophene rings is 1. The van der Waals surface area contributed by atoms with Gasteiger partial charge in [0.25, 0.3) is 0 Å². The molecule has 2 aromatic rings. The van der Waals surface area contributed by atoms with E-state index in [1.807, 2.05) is 35.7 Å². The Labute approximate surface area is 147 Å². The Kier molecular flexibility index (Phi) is 5.23. The fraction of sp³-hybridized carbons (Fsp3) is 0.526. The minimum absolute atomic E-state index is 0.377. The fourth-order valence-corrected chi connectivity index (χ4v) is 4.60. The molecule has 3 atom stereocenters. The molecular formula is C19H24N2O2S. The van der Waals surface area contributed by atoms with Gasteiger partial charge in [0.05, 0.1) is 31.6 Å². The third kappa shape index (κ3) is 3.86. The molecule has 5 heteroatoms. The molecule has 2 aromatic heterocycles. The maximum absolute atomic E-state index is 6.04. The SMILES string of the molecule is c1ccc(COCC2CC3OCCN(Cc4cccs4)C3C2)nc1. The first-order valence-corrected chi connectivity index (χ1v) is 9.62. The van der Waals surface area contributed by atoms with Crippen molar-refractivity contribution in [3.05, 3.63) is 52.5 Å². The van der Waals surface area contributed by atoms with Crippen molar-refractivity contribution in [1.82, 2.24) is 9.88 Å². The van der Waals surface area contributed by atoms with Gasteiger partial charge in [0.1, 0.15) is 0 Å². The van der Waals surface area contributed by atoms with E-state index in [1.165, 1.54) is 11.3 Å². The molecule has 3 unspecified atom stereocenters. The van der Waals surface area contributed by atoms with E-state index in [0.717, 1.165) is 38.4 Å². The second-order valence-electron chi connectivity index (χ2n) is 6.70. The first kappa shape index (κ1) is 16.2. The molecule has 24 heavy (non-hydrogen) atoms. The third-order valence-electron chi connectivity index (χ3n) is 5.02. The number of fused-ring (bicyclic) bond motifs is 1. The molecule has 0 amide bonds. The van der Waals surface area contributed by atoms with E-state index >= 15 is 0 Å². The molecule has 1 saturated heterocycles. The summed E-state index contributed by atoms with van der Waals surface area (Å²) in [7, 11) is 0. The minimum atomic E-state index is 0.377. The molecule has 0 radical (unpaired) electrons. The molecule has 0 bridgehead atoms. The van der Waals surface area contributed by atoms with Gasteiger partial charge in [-0.3, -0.25) is 9.88 Å². The molecule has 128 valence electrons. The van der Waals surface area contributed by atoms with Crippen molar-refractivity contribution in [2.45, 2.75) is 38.1 Å². The van der Waals surface area contributed by atoms with E-state index in [0.29, 0.717) is 24.7 Å². The van der Waals surface area contributed by atoms with Crippen LogP contribution in [0.4, 0.5) is 0 Å². The van der Waals surface area contributed by atoms with E-state index in [9.17, 15) is 0 Å². The predicted molar refractivity (Wildman–Crippen MR) is 94.9 cm³/mol. The molecular weight excluding hydrogens is 320 g/mol. The van der Waals surface area contributed by atoms with Gasteiger partial charge in [-0.1, -0.05) is 12.1 Å². The van der Waals surface area contributed by atoms with Crippen LogP contribution in [0.3, 0.4) is 0 Å². The Balaban J connectivity index is 1.29. The topological polar surface area (TPSA) is 34.6 Å². The number of pyridine rings is 1. The lowest BCUT2D eigenvalue weighted by atomic mass is 10.1. The number of morpholine rings is 1. The van der Waals surface area contributed by atoms with Crippen molar-refractivity contribution in [3.63, 3.8) is 0 Å². The molecule has 4 rings (SSSR count). The lowest BCUT2D eigenvalue weighted by Crippen LogP contribution is -2.47. The molecule has 0 spiro atoms. The van der Waals surface area contributed by atoms with Gasteiger partial charge >= 0.3 is 0 Å². The smallest absolute Gasteiger partial charge is 0.0887 e. The van der Waals surface area contributed by atoms with Crippen LogP contribution in [0, 0.1) is 5.92 Å². The van der Waals surface area contributed by atoms with Gasteiger partial charge < -0.3 is 9.47 Å². The van der Waals surface area contributed by atoms with Crippen molar-refractivity contribution in [2.24, 2.45) is 5.92 Å². The summed E-state index contributed by atoms with van der Waals surface area (Å²) in [4.78, 5) is 8.37. The average Bonchev–Trinajstić information content (AvgIpc) is 3.26. The second-order valence-corrected chi connectivity index (χ2v) is 7.73. The largest absolute Gasteiger partial charge is 0.375 e. The highest BCUT2D eigenvalue weighted by atomic mass is 32.1. The molecule has 1 aliphatic carbocycles. The maximum atomic E-state index is 6.04. The van der Waals surface area contributed by atoms with Crippen LogP contribution in [0.15, 0.2) is 41.9 Å². The van der Waals surface area contributed by atoms with E-state index in [-0.39, 0.29) is 0 Å². The Morgan fingerprint density at radius 1 is 1.25 bits per heavy atom. The summed E-state index contributed by atoms with van der Waals surface area (Å²) in [6.07, 6.45) is 4.49. The first-order chi connectivity index (χ1) is 11.9. The zero-order valence-electron chi connectivity index (χ0n) is 13.8. The van der Waals surface area contributed by atoms with Crippen LogP contribution in [0.1, 0.15) is 23.4 Å². The van der Waals surface area contributed by atoms with Crippen molar-refractivity contribution in [2.75, 3.05) is 19.8 Å². The van der Waals surface area contributed by atoms with Crippen LogP contribution in [-0.4, -0.2) is 41.8 Å². The molecule has 1 aliphatic heterocycles. The summed E-state index contributed by atoms with van der Waals surface area (Å²) in [5.41, 5.74) is 1.00. The summed E-state index contributed by atoms with van der Waals surface area (Å²) >= 11 is 1.85. The number of aromatic nitrogens is 1. The van der Waals surface area contributed by atoms with Crippen molar-refractivity contribution >= 4 is 11.3 Å². The van der Waals surface area contributed by atoms with Crippen molar-refractivity contribution in [1.29, 1.82) is 0 Å². The molecule has 0 aromatic carbocycles. The van der Waals surface area contributed by atoms with Gasteiger partial charge in [0.15, 0.2) is 0 Å². The summed E-state index contributed by atoms with van der Waals surface area (Å²) < 4.78 is 12.0. The number of nitrogens with zero attached hydrogens (tertiary/aromatic N) is 2. The lowest BCUT2D eigenvalue weighted by Gasteiger charge is -2.37. The Morgan fingerprint density at radius 3 is 3.08 bits per heavy atom. The summed E-state index contributed by atoms with van der Waals surface area (Å²) in [5.74, 6) is 0.590. The summed E-state index contributed by atoms with van der Waals surface area (Å²) in [6.45, 7) is 4.37. The normalized spacial score (nSPS) is 27.2. The number of ether oxygens (including phenoxy) is 2. The average molecular weight is 344 g/mol. The molecule has 2 aliphatic rings. The maximum Gasteiger partial charge on any atom is 0.0887 e. The number of rotatable bonds is 6. The van der Waals surface area contributed by atoms with E-state index in [1.54, 1.807) is 0 Å². The highest BCUT2D eigenvalue weighted by Crippen LogP contribution is 2.35. The van der Waals surface area contributed by atoms with Crippen LogP contribution >= 0.6 is 11.3 Å². The quantitative estimate of drug-likeness (QED) is 0.805. The highest BCUT2D eigenvalue weighted by molar-refractivity contribution is 7.09. The van der Waals surface area contributed by atoms with Crippen molar-refractivity contribution in [3.8, 4) is 0 Å². The molecule has 1 saturated carbocycles. The molecule has 0 N–H and O–H groups in total. The fourth-order valence-electron chi connectivity index (χ4n) is 3.87. The van der Waals surface area contributed by atoms with Gasteiger partial charge in [0.2, 0.25) is 0 Å². The first-order valence-electron chi connectivity index (χ1n) is 8.74. The summed E-state index contributed by atoms with van der Waals surface area (Å²) in [5, 5.41) is 2.16. The number of hydrogen-bond acceptors (Lipinski definition) is 5. The van der Waals surface area contributed by atoms with E-state index < -0.39 is 0 Å². The Hall–Kier alpha value is -1.27.